The summed E-state index contributed by atoms with van der Waals surface area (Å²) < 4.78 is 0. The fourth-order valence-corrected chi connectivity index (χ4v) is 2.52. The predicted molar refractivity (Wildman–Crippen MR) is 73.2 cm³/mol. The average molecular weight is 261 g/mol. The molecule has 0 aliphatic carbocycles. The van der Waals surface area contributed by atoms with Crippen molar-refractivity contribution in [1.82, 2.24) is 0 Å². The van der Waals surface area contributed by atoms with E-state index >= 15 is 0 Å². The molecule has 0 spiro atoms. The van der Waals surface area contributed by atoms with E-state index in [-0.39, 0.29) is 18.2 Å². The largest absolute Gasteiger partial charge is 0.481 e. The second kappa shape index (κ2) is 4.68. The number of amides is 1. The minimum Gasteiger partial charge on any atom is -0.481 e. The third-order valence-electron chi connectivity index (χ3n) is 3.68. The maximum atomic E-state index is 11.8. The maximum absolute atomic E-state index is 11.8. The van der Waals surface area contributed by atoms with Crippen molar-refractivity contribution in [3.8, 4) is 0 Å². The Hall–Kier alpha value is -1.84. The van der Waals surface area contributed by atoms with Gasteiger partial charge in [-0.2, -0.15) is 0 Å². The SMILES string of the molecule is CC(CC(=O)O)Cc1ccc2c(c1)C(C)(C)C(=O)N2. The zero-order chi connectivity index (χ0) is 14.2. The zero-order valence-electron chi connectivity index (χ0n) is 11.5. The third kappa shape index (κ3) is 2.62. The average Bonchev–Trinajstić information content (AvgIpc) is 2.50. The van der Waals surface area contributed by atoms with Crippen molar-refractivity contribution >= 4 is 17.6 Å². The summed E-state index contributed by atoms with van der Waals surface area (Å²) in [7, 11) is 0. The Morgan fingerprint density at radius 3 is 2.74 bits per heavy atom. The standard InChI is InChI=1S/C15H19NO3/c1-9(7-13(17)18)6-10-4-5-12-11(8-10)15(2,3)14(19)16-12/h4-5,8-9H,6-7H2,1-3H3,(H,16,19)(H,17,18). The molecule has 0 saturated heterocycles. The molecule has 0 radical (unpaired) electrons. The number of nitrogens with one attached hydrogen (secondary N) is 1. The Morgan fingerprint density at radius 2 is 2.11 bits per heavy atom. The molecule has 1 aliphatic heterocycles. The van der Waals surface area contributed by atoms with Crippen molar-refractivity contribution in [3.05, 3.63) is 29.3 Å². The van der Waals surface area contributed by atoms with E-state index in [1.54, 1.807) is 0 Å². The van der Waals surface area contributed by atoms with E-state index in [1.165, 1.54) is 0 Å². The molecule has 2 N–H and O–H groups in total. The first kappa shape index (κ1) is 13.6. The second-order valence-corrected chi connectivity index (χ2v) is 5.87. The number of rotatable bonds is 4. The van der Waals surface area contributed by atoms with Gasteiger partial charge in [0.15, 0.2) is 0 Å². The number of aliphatic carboxylic acids is 1. The number of carboxylic acid groups (broad SMARTS) is 1. The van der Waals surface area contributed by atoms with Crippen LogP contribution in [0.3, 0.4) is 0 Å². The Balaban J connectivity index is 2.21. The molecule has 0 bridgehead atoms. The van der Waals surface area contributed by atoms with Gasteiger partial charge in [0, 0.05) is 12.1 Å². The lowest BCUT2D eigenvalue weighted by atomic mass is 9.84. The molecule has 1 amide bonds. The van der Waals surface area contributed by atoms with Gasteiger partial charge in [0.1, 0.15) is 0 Å². The van der Waals surface area contributed by atoms with E-state index in [9.17, 15) is 9.59 Å². The van der Waals surface area contributed by atoms with Crippen LogP contribution in [-0.2, 0) is 21.4 Å². The maximum Gasteiger partial charge on any atom is 0.303 e. The molecule has 1 unspecified atom stereocenters. The first-order chi connectivity index (χ1) is 8.80. The molecule has 1 aromatic carbocycles. The summed E-state index contributed by atoms with van der Waals surface area (Å²) in [5.74, 6) is -0.673. The van der Waals surface area contributed by atoms with Crippen molar-refractivity contribution in [2.45, 2.75) is 39.0 Å². The molecule has 2 rings (SSSR count). The normalized spacial score (nSPS) is 17.7. The van der Waals surface area contributed by atoms with Gasteiger partial charge in [-0.25, -0.2) is 0 Å². The summed E-state index contributed by atoms with van der Waals surface area (Å²) >= 11 is 0. The van der Waals surface area contributed by atoms with Gasteiger partial charge in [-0.1, -0.05) is 19.1 Å². The number of carbonyl (C=O) groups is 2. The molecular formula is C15H19NO3. The van der Waals surface area contributed by atoms with Gasteiger partial charge in [0.2, 0.25) is 5.91 Å². The van der Waals surface area contributed by atoms with Crippen LogP contribution in [0.15, 0.2) is 18.2 Å². The number of hydrogen-bond donors (Lipinski definition) is 2. The Bertz CT molecular complexity index is 534. The van der Waals surface area contributed by atoms with Gasteiger partial charge >= 0.3 is 5.97 Å². The quantitative estimate of drug-likeness (QED) is 0.875. The van der Waals surface area contributed by atoms with Gasteiger partial charge < -0.3 is 10.4 Å². The summed E-state index contributed by atoms with van der Waals surface area (Å²) in [6.07, 6.45) is 0.876. The topological polar surface area (TPSA) is 66.4 Å². The van der Waals surface area contributed by atoms with Crippen molar-refractivity contribution < 1.29 is 14.7 Å². The van der Waals surface area contributed by atoms with Crippen LogP contribution in [0.4, 0.5) is 5.69 Å². The van der Waals surface area contributed by atoms with Crippen molar-refractivity contribution in [1.29, 1.82) is 0 Å². The monoisotopic (exact) mass is 261 g/mol. The fraction of sp³-hybridized carbons (Fsp3) is 0.467. The molecule has 1 aromatic rings. The van der Waals surface area contributed by atoms with Crippen LogP contribution in [0, 0.1) is 5.92 Å². The van der Waals surface area contributed by atoms with E-state index < -0.39 is 11.4 Å². The highest BCUT2D eigenvalue weighted by atomic mass is 16.4. The van der Waals surface area contributed by atoms with Crippen molar-refractivity contribution in [3.63, 3.8) is 0 Å². The van der Waals surface area contributed by atoms with Crippen LogP contribution in [0.5, 0.6) is 0 Å². The molecule has 0 saturated carbocycles. The molecule has 4 heteroatoms. The minimum absolute atomic E-state index is 0.0123. The van der Waals surface area contributed by atoms with Gasteiger partial charge in [0.25, 0.3) is 0 Å². The van der Waals surface area contributed by atoms with Crippen LogP contribution in [0.25, 0.3) is 0 Å². The fourth-order valence-electron chi connectivity index (χ4n) is 2.52. The number of carbonyl (C=O) groups excluding carboxylic acids is 1. The lowest BCUT2D eigenvalue weighted by Crippen LogP contribution is -2.26. The highest BCUT2D eigenvalue weighted by molar-refractivity contribution is 6.05. The van der Waals surface area contributed by atoms with E-state index in [0.29, 0.717) is 6.42 Å². The van der Waals surface area contributed by atoms with Crippen LogP contribution >= 0.6 is 0 Å². The summed E-state index contributed by atoms with van der Waals surface area (Å²) in [6.45, 7) is 5.73. The van der Waals surface area contributed by atoms with E-state index in [0.717, 1.165) is 16.8 Å². The zero-order valence-corrected chi connectivity index (χ0v) is 11.5. The first-order valence-electron chi connectivity index (χ1n) is 6.47. The molecule has 4 nitrogen and oxygen atoms in total. The molecule has 1 aliphatic rings. The van der Waals surface area contributed by atoms with E-state index in [4.69, 9.17) is 5.11 Å². The lowest BCUT2D eigenvalue weighted by Gasteiger charge is -2.16. The highest BCUT2D eigenvalue weighted by Gasteiger charge is 2.38. The molecule has 102 valence electrons. The van der Waals surface area contributed by atoms with Gasteiger partial charge in [-0.05, 0) is 43.4 Å². The van der Waals surface area contributed by atoms with Gasteiger partial charge in [0.05, 0.1) is 5.41 Å². The van der Waals surface area contributed by atoms with Crippen LogP contribution in [0.1, 0.15) is 38.3 Å². The molecule has 19 heavy (non-hydrogen) atoms. The Labute approximate surface area is 112 Å². The Morgan fingerprint density at radius 1 is 1.42 bits per heavy atom. The molecule has 1 atom stereocenters. The summed E-state index contributed by atoms with van der Waals surface area (Å²) in [6, 6.07) is 5.88. The predicted octanol–water partition coefficient (Wildman–Crippen LogP) is 2.57. The van der Waals surface area contributed by atoms with Crippen molar-refractivity contribution in [2.75, 3.05) is 5.32 Å². The number of carboxylic acids is 1. The van der Waals surface area contributed by atoms with Crippen molar-refractivity contribution in [2.24, 2.45) is 5.92 Å². The smallest absolute Gasteiger partial charge is 0.303 e. The summed E-state index contributed by atoms with van der Waals surface area (Å²) in [4.78, 5) is 22.5. The highest BCUT2D eigenvalue weighted by Crippen LogP contribution is 2.38. The summed E-state index contributed by atoms with van der Waals surface area (Å²) in [5.41, 5.74) is 2.43. The third-order valence-corrected chi connectivity index (χ3v) is 3.68. The molecule has 0 aromatic heterocycles. The minimum atomic E-state index is -0.772. The lowest BCUT2D eigenvalue weighted by molar-refractivity contribution is -0.137. The number of benzene rings is 1. The summed E-state index contributed by atoms with van der Waals surface area (Å²) in [5, 5.41) is 11.6. The van der Waals surface area contributed by atoms with Crippen LogP contribution in [0.2, 0.25) is 0 Å². The molecular weight excluding hydrogens is 242 g/mol. The van der Waals surface area contributed by atoms with Gasteiger partial charge in [-0.3, -0.25) is 9.59 Å². The van der Waals surface area contributed by atoms with E-state index in [2.05, 4.69) is 5.32 Å². The number of hydrogen-bond acceptors (Lipinski definition) is 2. The molecule has 0 fully saturated rings. The van der Waals surface area contributed by atoms with Crippen LogP contribution in [-0.4, -0.2) is 17.0 Å². The molecule has 1 heterocycles. The number of anilines is 1. The second-order valence-electron chi connectivity index (χ2n) is 5.87. The van der Waals surface area contributed by atoms with Crippen LogP contribution < -0.4 is 5.32 Å². The van der Waals surface area contributed by atoms with E-state index in [1.807, 2.05) is 39.0 Å². The first-order valence-corrected chi connectivity index (χ1v) is 6.47. The van der Waals surface area contributed by atoms with Gasteiger partial charge in [-0.15, -0.1) is 0 Å². The Kier molecular flexibility index (Phi) is 3.35. The number of fused-ring (bicyclic) bond motifs is 1.